The second kappa shape index (κ2) is 3.27. The SMILES string of the molecule is OC[C@H]1NNC[C@H](O)[C@@H]1O. The van der Waals surface area contributed by atoms with Gasteiger partial charge in [0.15, 0.2) is 0 Å². The minimum absolute atomic E-state index is 0.189. The molecule has 1 rings (SSSR count). The molecule has 0 aromatic heterocycles. The van der Waals surface area contributed by atoms with Gasteiger partial charge in [-0.2, -0.15) is 0 Å². The van der Waals surface area contributed by atoms with Crippen LogP contribution in [0.3, 0.4) is 0 Å². The molecule has 0 bridgehead atoms. The first kappa shape index (κ1) is 7.90. The van der Waals surface area contributed by atoms with E-state index < -0.39 is 18.2 Å². The van der Waals surface area contributed by atoms with Gasteiger partial charge in [-0.05, 0) is 0 Å². The first-order valence-electron chi connectivity index (χ1n) is 3.21. The van der Waals surface area contributed by atoms with Crippen molar-refractivity contribution in [1.82, 2.24) is 10.9 Å². The second-order valence-electron chi connectivity index (χ2n) is 2.37. The fourth-order valence-electron chi connectivity index (χ4n) is 0.923. The summed E-state index contributed by atoms with van der Waals surface area (Å²) in [7, 11) is 0. The van der Waals surface area contributed by atoms with E-state index in [9.17, 15) is 0 Å². The third-order valence-corrected chi connectivity index (χ3v) is 1.60. The first-order chi connectivity index (χ1) is 4.75. The molecule has 1 saturated heterocycles. The summed E-state index contributed by atoms with van der Waals surface area (Å²) < 4.78 is 0. The summed E-state index contributed by atoms with van der Waals surface area (Å²) in [6.45, 7) is 0.114. The summed E-state index contributed by atoms with van der Waals surface area (Å²) in [4.78, 5) is 0. The summed E-state index contributed by atoms with van der Waals surface area (Å²) >= 11 is 0. The number of hydrogen-bond donors (Lipinski definition) is 5. The van der Waals surface area contributed by atoms with Gasteiger partial charge in [-0.15, -0.1) is 0 Å². The summed E-state index contributed by atoms with van der Waals surface area (Å²) in [5, 5.41) is 26.7. The Hall–Kier alpha value is -0.200. The highest BCUT2D eigenvalue weighted by Crippen LogP contribution is 2.01. The van der Waals surface area contributed by atoms with Crippen LogP contribution in [0.5, 0.6) is 0 Å². The molecule has 0 saturated carbocycles. The number of hydrazine groups is 1. The monoisotopic (exact) mass is 148 g/mol. The van der Waals surface area contributed by atoms with Crippen molar-refractivity contribution in [3.8, 4) is 0 Å². The van der Waals surface area contributed by atoms with Crippen molar-refractivity contribution >= 4 is 0 Å². The number of nitrogens with one attached hydrogen (secondary N) is 2. The Bertz CT molecular complexity index is 111. The van der Waals surface area contributed by atoms with Crippen LogP contribution in [0.4, 0.5) is 0 Å². The van der Waals surface area contributed by atoms with Gasteiger partial charge in [0.05, 0.1) is 18.8 Å². The van der Waals surface area contributed by atoms with Crippen molar-refractivity contribution in [2.75, 3.05) is 13.2 Å². The zero-order valence-electron chi connectivity index (χ0n) is 5.49. The minimum atomic E-state index is -0.883. The lowest BCUT2D eigenvalue weighted by molar-refractivity contribution is -0.0433. The maximum Gasteiger partial charge on any atom is 0.100 e. The van der Waals surface area contributed by atoms with Gasteiger partial charge in [0, 0.05) is 6.54 Å². The predicted molar refractivity (Wildman–Crippen MR) is 34.0 cm³/mol. The van der Waals surface area contributed by atoms with E-state index in [0.717, 1.165) is 0 Å². The lowest BCUT2D eigenvalue weighted by Crippen LogP contribution is -2.62. The Morgan fingerprint density at radius 3 is 2.60 bits per heavy atom. The molecule has 1 heterocycles. The van der Waals surface area contributed by atoms with Crippen LogP contribution < -0.4 is 10.9 Å². The van der Waals surface area contributed by atoms with Crippen LogP contribution in [0.1, 0.15) is 0 Å². The Balaban J connectivity index is 2.42. The number of β-amino-alcohol motifs (C(OH)–C–C–N with tert-alkyl or cyclic N) is 1. The van der Waals surface area contributed by atoms with Gasteiger partial charge in [0.1, 0.15) is 6.10 Å². The molecule has 0 aliphatic carbocycles. The molecular weight excluding hydrogens is 136 g/mol. The molecule has 1 aliphatic heterocycles. The van der Waals surface area contributed by atoms with Crippen molar-refractivity contribution in [3.63, 3.8) is 0 Å². The van der Waals surface area contributed by atoms with Crippen molar-refractivity contribution < 1.29 is 15.3 Å². The van der Waals surface area contributed by atoms with Crippen LogP contribution >= 0.6 is 0 Å². The number of hydrogen-bond acceptors (Lipinski definition) is 5. The molecule has 0 aromatic rings. The molecule has 1 aliphatic rings. The average molecular weight is 148 g/mol. The standard InChI is InChI=1S/C5H12N2O3/c8-2-3-5(10)4(9)1-6-7-3/h3-10H,1-2H2/t3-,4+,5-/m1/s1. The summed E-state index contributed by atoms with van der Waals surface area (Å²) in [6, 6.07) is -0.469. The number of rotatable bonds is 1. The molecule has 0 amide bonds. The molecule has 0 unspecified atom stereocenters. The Morgan fingerprint density at radius 1 is 1.40 bits per heavy atom. The molecule has 0 aromatic carbocycles. The molecule has 5 heteroatoms. The van der Waals surface area contributed by atoms with Crippen LogP contribution in [0.15, 0.2) is 0 Å². The zero-order chi connectivity index (χ0) is 7.56. The van der Waals surface area contributed by atoms with Gasteiger partial charge >= 0.3 is 0 Å². The second-order valence-corrected chi connectivity index (χ2v) is 2.37. The van der Waals surface area contributed by atoms with Gasteiger partial charge in [-0.1, -0.05) is 0 Å². The van der Waals surface area contributed by atoms with E-state index in [2.05, 4.69) is 10.9 Å². The largest absolute Gasteiger partial charge is 0.395 e. The van der Waals surface area contributed by atoms with E-state index in [4.69, 9.17) is 15.3 Å². The Kier molecular flexibility index (Phi) is 2.58. The summed E-state index contributed by atoms with van der Waals surface area (Å²) in [5.41, 5.74) is 5.28. The quantitative estimate of drug-likeness (QED) is 0.277. The third-order valence-electron chi connectivity index (χ3n) is 1.60. The lowest BCUT2D eigenvalue weighted by Gasteiger charge is -2.31. The molecule has 0 spiro atoms. The summed E-state index contributed by atoms with van der Waals surface area (Å²) in [5.74, 6) is 0. The van der Waals surface area contributed by atoms with Crippen LogP contribution in [-0.2, 0) is 0 Å². The van der Waals surface area contributed by atoms with Crippen molar-refractivity contribution in [2.24, 2.45) is 0 Å². The van der Waals surface area contributed by atoms with Crippen molar-refractivity contribution in [2.45, 2.75) is 18.2 Å². The smallest absolute Gasteiger partial charge is 0.100 e. The maximum absolute atomic E-state index is 9.12. The van der Waals surface area contributed by atoms with Crippen molar-refractivity contribution in [1.29, 1.82) is 0 Å². The predicted octanol–water partition coefficient (Wildman–Crippen LogP) is -2.82. The normalized spacial score (nSPS) is 41.7. The molecule has 1 fully saturated rings. The lowest BCUT2D eigenvalue weighted by atomic mass is 10.1. The fraction of sp³-hybridized carbons (Fsp3) is 1.00. The van der Waals surface area contributed by atoms with E-state index >= 15 is 0 Å². The molecule has 10 heavy (non-hydrogen) atoms. The van der Waals surface area contributed by atoms with Crippen LogP contribution in [0.2, 0.25) is 0 Å². The van der Waals surface area contributed by atoms with E-state index in [1.807, 2.05) is 0 Å². The van der Waals surface area contributed by atoms with Gasteiger partial charge in [0.25, 0.3) is 0 Å². The highest BCUT2D eigenvalue weighted by atomic mass is 16.3. The zero-order valence-corrected chi connectivity index (χ0v) is 5.49. The van der Waals surface area contributed by atoms with E-state index in [-0.39, 0.29) is 6.61 Å². The molecule has 5 N–H and O–H groups in total. The van der Waals surface area contributed by atoms with Gasteiger partial charge in [0.2, 0.25) is 0 Å². The Morgan fingerprint density at radius 2 is 2.10 bits per heavy atom. The molecule has 0 radical (unpaired) electrons. The molecule has 3 atom stereocenters. The molecule has 5 nitrogen and oxygen atoms in total. The van der Waals surface area contributed by atoms with Gasteiger partial charge in [-0.25, -0.2) is 5.43 Å². The van der Waals surface area contributed by atoms with Crippen molar-refractivity contribution in [3.05, 3.63) is 0 Å². The third kappa shape index (κ3) is 1.44. The van der Waals surface area contributed by atoms with Crippen LogP contribution in [0, 0.1) is 0 Å². The Labute approximate surface area is 58.6 Å². The van der Waals surface area contributed by atoms with Crippen LogP contribution in [-0.4, -0.2) is 46.7 Å². The summed E-state index contributed by atoms with van der Waals surface area (Å²) in [6.07, 6.45) is -1.68. The van der Waals surface area contributed by atoms with Crippen LogP contribution in [0.25, 0.3) is 0 Å². The van der Waals surface area contributed by atoms with E-state index in [1.165, 1.54) is 0 Å². The number of aliphatic hydroxyl groups is 3. The highest BCUT2D eigenvalue weighted by Gasteiger charge is 2.29. The maximum atomic E-state index is 9.12. The molecule has 60 valence electrons. The van der Waals surface area contributed by atoms with Gasteiger partial charge < -0.3 is 15.3 Å². The minimum Gasteiger partial charge on any atom is -0.395 e. The van der Waals surface area contributed by atoms with E-state index in [0.29, 0.717) is 6.54 Å². The topological polar surface area (TPSA) is 84.8 Å². The molecular formula is C5H12N2O3. The van der Waals surface area contributed by atoms with E-state index in [1.54, 1.807) is 0 Å². The first-order valence-corrected chi connectivity index (χ1v) is 3.21. The fourth-order valence-corrected chi connectivity index (χ4v) is 0.923. The van der Waals surface area contributed by atoms with Gasteiger partial charge in [-0.3, -0.25) is 5.43 Å². The highest BCUT2D eigenvalue weighted by molar-refractivity contribution is 4.84. The average Bonchev–Trinajstić information content (AvgIpc) is 1.95. The number of aliphatic hydroxyl groups excluding tert-OH is 3.